The molecule has 1 aliphatic rings. The van der Waals surface area contributed by atoms with Gasteiger partial charge in [-0.2, -0.15) is 0 Å². The lowest BCUT2D eigenvalue weighted by Crippen LogP contribution is -2.49. The van der Waals surface area contributed by atoms with Crippen molar-refractivity contribution in [1.82, 2.24) is 10.2 Å². The van der Waals surface area contributed by atoms with Crippen LogP contribution in [0, 0.1) is 11.3 Å². The van der Waals surface area contributed by atoms with Gasteiger partial charge in [-0.3, -0.25) is 4.79 Å². The lowest BCUT2D eigenvalue weighted by atomic mass is 9.79. The molecular weight excluding hydrogens is 212 g/mol. The van der Waals surface area contributed by atoms with E-state index in [0.29, 0.717) is 12.0 Å². The molecule has 1 heterocycles. The SMILES string of the molecule is CC(C)CNC(=O)C1(C)CCN(C(C)C)CC1. The molecule has 0 aromatic heterocycles. The molecule has 1 fully saturated rings. The van der Waals surface area contributed by atoms with Gasteiger partial charge in [-0.15, -0.1) is 0 Å². The lowest BCUT2D eigenvalue weighted by Gasteiger charge is -2.40. The second-order valence-corrected chi connectivity index (χ2v) is 6.29. The fraction of sp³-hybridized carbons (Fsp3) is 0.929. The van der Waals surface area contributed by atoms with Crippen LogP contribution in [0.5, 0.6) is 0 Å². The number of hydrogen-bond donors (Lipinski definition) is 1. The molecule has 1 rings (SSSR count). The molecule has 1 N–H and O–H groups in total. The van der Waals surface area contributed by atoms with E-state index in [1.165, 1.54) is 0 Å². The van der Waals surface area contributed by atoms with E-state index in [2.05, 4.69) is 44.8 Å². The van der Waals surface area contributed by atoms with E-state index in [1.807, 2.05) is 0 Å². The van der Waals surface area contributed by atoms with E-state index in [4.69, 9.17) is 0 Å². The topological polar surface area (TPSA) is 32.3 Å². The number of nitrogens with zero attached hydrogens (tertiary/aromatic N) is 1. The van der Waals surface area contributed by atoms with E-state index in [9.17, 15) is 4.79 Å². The zero-order valence-corrected chi connectivity index (χ0v) is 12.0. The van der Waals surface area contributed by atoms with Crippen LogP contribution in [0.1, 0.15) is 47.5 Å². The van der Waals surface area contributed by atoms with Crippen molar-refractivity contribution >= 4 is 5.91 Å². The van der Waals surface area contributed by atoms with Crippen LogP contribution in [-0.4, -0.2) is 36.5 Å². The minimum Gasteiger partial charge on any atom is -0.355 e. The van der Waals surface area contributed by atoms with Crippen molar-refractivity contribution in [3.63, 3.8) is 0 Å². The smallest absolute Gasteiger partial charge is 0.226 e. The lowest BCUT2D eigenvalue weighted by molar-refractivity contribution is -0.133. The van der Waals surface area contributed by atoms with Gasteiger partial charge in [-0.1, -0.05) is 20.8 Å². The van der Waals surface area contributed by atoms with Gasteiger partial charge >= 0.3 is 0 Å². The molecule has 1 amide bonds. The second-order valence-electron chi connectivity index (χ2n) is 6.29. The van der Waals surface area contributed by atoms with E-state index in [1.54, 1.807) is 0 Å². The highest BCUT2D eigenvalue weighted by Crippen LogP contribution is 2.31. The van der Waals surface area contributed by atoms with Crippen LogP contribution in [0.3, 0.4) is 0 Å². The maximum Gasteiger partial charge on any atom is 0.226 e. The normalized spacial score (nSPS) is 20.9. The Morgan fingerprint density at radius 3 is 2.18 bits per heavy atom. The minimum atomic E-state index is -0.152. The molecule has 1 saturated heterocycles. The van der Waals surface area contributed by atoms with Crippen molar-refractivity contribution < 1.29 is 4.79 Å². The first-order valence-electron chi connectivity index (χ1n) is 6.87. The van der Waals surface area contributed by atoms with Gasteiger partial charge in [0.25, 0.3) is 0 Å². The van der Waals surface area contributed by atoms with Crippen LogP contribution in [0.2, 0.25) is 0 Å². The number of likely N-dealkylation sites (tertiary alicyclic amines) is 1. The van der Waals surface area contributed by atoms with Gasteiger partial charge in [-0.25, -0.2) is 0 Å². The number of amides is 1. The van der Waals surface area contributed by atoms with Gasteiger partial charge in [0.2, 0.25) is 5.91 Å². The van der Waals surface area contributed by atoms with Gasteiger partial charge in [0.15, 0.2) is 0 Å². The number of rotatable bonds is 4. The number of carbonyl (C=O) groups excluding carboxylic acids is 1. The van der Waals surface area contributed by atoms with Gasteiger partial charge in [0, 0.05) is 18.0 Å². The standard InChI is InChI=1S/C14H28N2O/c1-11(2)10-15-13(17)14(5)6-8-16(9-7-14)12(3)4/h11-12H,6-10H2,1-5H3,(H,15,17). The quantitative estimate of drug-likeness (QED) is 0.817. The summed E-state index contributed by atoms with van der Waals surface area (Å²) in [6, 6.07) is 0.596. The first-order chi connectivity index (χ1) is 7.85. The van der Waals surface area contributed by atoms with Crippen molar-refractivity contribution in [2.45, 2.75) is 53.5 Å². The molecule has 100 valence electrons. The van der Waals surface area contributed by atoms with Crippen LogP contribution in [0.25, 0.3) is 0 Å². The fourth-order valence-electron chi connectivity index (χ4n) is 2.27. The fourth-order valence-corrected chi connectivity index (χ4v) is 2.27. The zero-order chi connectivity index (χ0) is 13.1. The molecule has 0 saturated carbocycles. The van der Waals surface area contributed by atoms with Crippen LogP contribution in [-0.2, 0) is 4.79 Å². The van der Waals surface area contributed by atoms with Crippen LogP contribution in [0.4, 0.5) is 0 Å². The first-order valence-corrected chi connectivity index (χ1v) is 6.87. The largest absolute Gasteiger partial charge is 0.355 e. The number of nitrogens with one attached hydrogen (secondary N) is 1. The highest BCUT2D eigenvalue weighted by Gasteiger charge is 2.37. The Balaban J connectivity index is 2.45. The summed E-state index contributed by atoms with van der Waals surface area (Å²) in [4.78, 5) is 14.6. The predicted molar refractivity (Wildman–Crippen MR) is 71.9 cm³/mol. The Bertz CT molecular complexity index is 253. The Kier molecular flexibility index (Phi) is 4.99. The van der Waals surface area contributed by atoms with Crippen molar-refractivity contribution in [2.75, 3.05) is 19.6 Å². The van der Waals surface area contributed by atoms with Crippen LogP contribution in [0.15, 0.2) is 0 Å². The molecule has 0 aromatic rings. The highest BCUT2D eigenvalue weighted by atomic mass is 16.2. The molecule has 0 unspecified atom stereocenters. The van der Waals surface area contributed by atoms with Gasteiger partial charge < -0.3 is 10.2 Å². The third kappa shape index (κ3) is 3.98. The van der Waals surface area contributed by atoms with Crippen LogP contribution >= 0.6 is 0 Å². The molecule has 0 radical (unpaired) electrons. The molecule has 0 atom stereocenters. The van der Waals surface area contributed by atoms with E-state index in [0.717, 1.165) is 32.5 Å². The van der Waals surface area contributed by atoms with E-state index in [-0.39, 0.29) is 11.3 Å². The Hall–Kier alpha value is -0.570. The van der Waals surface area contributed by atoms with Gasteiger partial charge in [-0.05, 0) is 45.7 Å². The third-order valence-corrected chi connectivity index (χ3v) is 3.85. The van der Waals surface area contributed by atoms with Crippen molar-refractivity contribution in [3.8, 4) is 0 Å². The Labute approximate surface area is 106 Å². The molecule has 17 heavy (non-hydrogen) atoms. The minimum absolute atomic E-state index is 0.152. The number of carbonyl (C=O) groups is 1. The first kappa shape index (κ1) is 14.5. The summed E-state index contributed by atoms with van der Waals surface area (Å²) in [6.07, 6.45) is 1.96. The predicted octanol–water partition coefficient (Wildman–Crippen LogP) is 2.27. The molecule has 0 aliphatic carbocycles. The van der Waals surface area contributed by atoms with Crippen molar-refractivity contribution in [3.05, 3.63) is 0 Å². The van der Waals surface area contributed by atoms with Gasteiger partial charge in [0.05, 0.1) is 0 Å². The number of hydrogen-bond acceptors (Lipinski definition) is 2. The average molecular weight is 240 g/mol. The van der Waals surface area contributed by atoms with Crippen molar-refractivity contribution in [1.29, 1.82) is 0 Å². The summed E-state index contributed by atoms with van der Waals surface area (Å²) in [5.41, 5.74) is -0.152. The maximum absolute atomic E-state index is 12.2. The summed E-state index contributed by atoms with van der Waals surface area (Å²) < 4.78 is 0. The Morgan fingerprint density at radius 1 is 1.24 bits per heavy atom. The average Bonchev–Trinajstić information content (AvgIpc) is 2.26. The second kappa shape index (κ2) is 5.85. The summed E-state index contributed by atoms with van der Waals surface area (Å²) >= 11 is 0. The molecule has 0 bridgehead atoms. The molecule has 3 nitrogen and oxygen atoms in total. The zero-order valence-electron chi connectivity index (χ0n) is 12.0. The third-order valence-electron chi connectivity index (χ3n) is 3.85. The summed E-state index contributed by atoms with van der Waals surface area (Å²) in [5.74, 6) is 0.771. The summed E-state index contributed by atoms with van der Waals surface area (Å²) in [6.45, 7) is 13.7. The van der Waals surface area contributed by atoms with Gasteiger partial charge in [0.1, 0.15) is 0 Å². The van der Waals surface area contributed by atoms with Crippen LogP contribution < -0.4 is 5.32 Å². The monoisotopic (exact) mass is 240 g/mol. The van der Waals surface area contributed by atoms with E-state index >= 15 is 0 Å². The Morgan fingerprint density at radius 2 is 1.76 bits per heavy atom. The molecule has 3 heteroatoms. The van der Waals surface area contributed by atoms with E-state index < -0.39 is 0 Å². The molecular formula is C14H28N2O. The summed E-state index contributed by atoms with van der Waals surface area (Å²) in [5, 5.41) is 3.08. The van der Waals surface area contributed by atoms with Crippen molar-refractivity contribution in [2.24, 2.45) is 11.3 Å². The molecule has 0 spiro atoms. The molecule has 1 aliphatic heterocycles. The molecule has 0 aromatic carbocycles. The summed E-state index contributed by atoms with van der Waals surface area (Å²) in [7, 11) is 0. The highest BCUT2D eigenvalue weighted by molar-refractivity contribution is 5.82. The number of piperidine rings is 1. The maximum atomic E-state index is 12.2.